The molecule has 0 saturated heterocycles. The molecule has 0 spiro atoms. The molecule has 0 aliphatic carbocycles. The van der Waals surface area contributed by atoms with E-state index >= 15 is 0 Å². The Balaban J connectivity index is 1.82. The molecule has 0 atom stereocenters. The Kier molecular flexibility index (Phi) is 4.37. The van der Waals surface area contributed by atoms with Crippen molar-refractivity contribution in [3.8, 4) is 0 Å². The lowest BCUT2D eigenvalue weighted by Crippen LogP contribution is -2.00. The Hall–Kier alpha value is -1.35. The summed E-state index contributed by atoms with van der Waals surface area (Å²) in [5.41, 5.74) is 2.37. The van der Waals surface area contributed by atoms with E-state index in [9.17, 15) is 0 Å². The van der Waals surface area contributed by atoms with Gasteiger partial charge in [0.15, 0.2) is 0 Å². The molecule has 0 N–H and O–H groups in total. The normalized spacial score (nSPS) is 11.1. The molecule has 1 aromatic carbocycles. The van der Waals surface area contributed by atoms with Gasteiger partial charge in [-0.05, 0) is 36.5 Å². The molecule has 0 bridgehead atoms. The van der Waals surface area contributed by atoms with Gasteiger partial charge in [0, 0.05) is 17.8 Å². The van der Waals surface area contributed by atoms with Crippen LogP contribution in [0.25, 0.3) is 0 Å². The van der Waals surface area contributed by atoms with Gasteiger partial charge in [0.25, 0.3) is 0 Å². The van der Waals surface area contributed by atoms with Crippen LogP contribution >= 0.6 is 11.6 Å². The molecular formula is C14H18ClN3. The van der Waals surface area contributed by atoms with Gasteiger partial charge in [0.05, 0.1) is 5.69 Å². The van der Waals surface area contributed by atoms with E-state index in [-0.39, 0.29) is 0 Å². The van der Waals surface area contributed by atoms with E-state index in [1.54, 1.807) is 0 Å². The van der Waals surface area contributed by atoms with Crippen molar-refractivity contribution in [3.05, 3.63) is 46.7 Å². The topological polar surface area (TPSA) is 30.7 Å². The highest BCUT2D eigenvalue weighted by Crippen LogP contribution is 2.12. The number of benzene rings is 1. The van der Waals surface area contributed by atoms with Crippen molar-refractivity contribution in [2.24, 2.45) is 0 Å². The zero-order chi connectivity index (χ0) is 13.0. The molecule has 96 valence electrons. The van der Waals surface area contributed by atoms with Crippen LogP contribution in [0.1, 0.15) is 37.4 Å². The van der Waals surface area contributed by atoms with Crippen LogP contribution in [-0.4, -0.2) is 15.0 Å². The molecule has 0 unspecified atom stereocenters. The van der Waals surface area contributed by atoms with Crippen LogP contribution in [-0.2, 0) is 13.0 Å². The van der Waals surface area contributed by atoms with Gasteiger partial charge in [0.1, 0.15) is 0 Å². The van der Waals surface area contributed by atoms with Gasteiger partial charge in [-0.15, -0.1) is 5.10 Å². The van der Waals surface area contributed by atoms with E-state index in [0.29, 0.717) is 5.92 Å². The van der Waals surface area contributed by atoms with Gasteiger partial charge in [-0.1, -0.05) is 42.8 Å². The first kappa shape index (κ1) is 13.1. The lowest BCUT2D eigenvalue weighted by molar-refractivity contribution is 0.558. The fourth-order valence-electron chi connectivity index (χ4n) is 1.78. The maximum atomic E-state index is 5.85. The van der Waals surface area contributed by atoms with Gasteiger partial charge < -0.3 is 0 Å². The molecule has 0 aliphatic rings. The van der Waals surface area contributed by atoms with E-state index in [2.05, 4.69) is 36.3 Å². The lowest BCUT2D eigenvalue weighted by Gasteiger charge is -2.02. The molecule has 3 nitrogen and oxygen atoms in total. The van der Waals surface area contributed by atoms with Crippen LogP contribution in [0.2, 0.25) is 5.02 Å². The minimum Gasteiger partial charge on any atom is -0.252 e. The summed E-state index contributed by atoms with van der Waals surface area (Å²) in [6.45, 7) is 5.16. The van der Waals surface area contributed by atoms with Gasteiger partial charge >= 0.3 is 0 Å². The zero-order valence-electron chi connectivity index (χ0n) is 10.8. The molecule has 4 heteroatoms. The highest BCUT2D eigenvalue weighted by atomic mass is 35.5. The van der Waals surface area contributed by atoms with Crippen LogP contribution in [0.3, 0.4) is 0 Å². The highest BCUT2D eigenvalue weighted by molar-refractivity contribution is 6.30. The zero-order valence-corrected chi connectivity index (χ0v) is 11.6. The smallest absolute Gasteiger partial charge is 0.0852 e. The maximum absolute atomic E-state index is 5.85. The van der Waals surface area contributed by atoms with Crippen molar-refractivity contribution in [1.29, 1.82) is 0 Å². The SMILES string of the molecule is CC(C)c1cn(CCCc2ccc(Cl)cc2)nn1. The Morgan fingerprint density at radius 2 is 1.94 bits per heavy atom. The minimum absolute atomic E-state index is 0.440. The monoisotopic (exact) mass is 263 g/mol. The van der Waals surface area contributed by atoms with Crippen LogP contribution in [0.15, 0.2) is 30.5 Å². The van der Waals surface area contributed by atoms with Gasteiger partial charge in [-0.25, -0.2) is 0 Å². The van der Waals surface area contributed by atoms with Gasteiger partial charge in [-0.2, -0.15) is 0 Å². The largest absolute Gasteiger partial charge is 0.252 e. The number of halogens is 1. The minimum atomic E-state index is 0.440. The Morgan fingerprint density at radius 3 is 2.56 bits per heavy atom. The van der Waals surface area contributed by atoms with E-state index in [0.717, 1.165) is 30.1 Å². The molecule has 1 heterocycles. The molecule has 0 fully saturated rings. The third-order valence-electron chi connectivity index (χ3n) is 2.91. The second-order valence-electron chi connectivity index (χ2n) is 4.79. The third kappa shape index (κ3) is 3.57. The average Bonchev–Trinajstić information content (AvgIpc) is 2.81. The van der Waals surface area contributed by atoms with Gasteiger partial charge in [0.2, 0.25) is 0 Å². The van der Waals surface area contributed by atoms with E-state index in [1.165, 1.54) is 5.56 Å². The van der Waals surface area contributed by atoms with Crippen LogP contribution in [0.4, 0.5) is 0 Å². The molecule has 2 rings (SSSR count). The number of nitrogens with zero attached hydrogens (tertiary/aromatic N) is 3. The molecule has 18 heavy (non-hydrogen) atoms. The summed E-state index contributed by atoms with van der Waals surface area (Å²) in [6.07, 6.45) is 4.13. The maximum Gasteiger partial charge on any atom is 0.0852 e. The highest BCUT2D eigenvalue weighted by Gasteiger charge is 2.04. The van der Waals surface area contributed by atoms with E-state index in [4.69, 9.17) is 11.6 Å². The molecule has 2 aromatic rings. The first-order chi connectivity index (χ1) is 8.65. The molecule has 0 aliphatic heterocycles. The van der Waals surface area contributed by atoms with Crippen molar-refractivity contribution >= 4 is 11.6 Å². The van der Waals surface area contributed by atoms with Crippen LogP contribution in [0.5, 0.6) is 0 Å². The first-order valence-corrected chi connectivity index (χ1v) is 6.67. The Labute approximate surface area is 113 Å². The fourth-order valence-corrected chi connectivity index (χ4v) is 1.91. The number of aromatic nitrogens is 3. The summed E-state index contributed by atoms with van der Waals surface area (Å²) in [5.74, 6) is 0.440. The Morgan fingerprint density at radius 1 is 1.22 bits per heavy atom. The molecular weight excluding hydrogens is 246 g/mol. The van der Waals surface area contributed by atoms with Crippen LogP contribution < -0.4 is 0 Å². The van der Waals surface area contributed by atoms with Crippen molar-refractivity contribution < 1.29 is 0 Å². The summed E-state index contributed by atoms with van der Waals surface area (Å²) < 4.78 is 1.92. The Bertz CT molecular complexity index is 488. The summed E-state index contributed by atoms with van der Waals surface area (Å²) in [4.78, 5) is 0. The van der Waals surface area contributed by atoms with Crippen LogP contribution in [0, 0.1) is 0 Å². The summed E-state index contributed by atoms with van der Waals surface area (Å²) in [5, 5.41) is 9.07. The van der Waals surface area contributed by atoms with Crippen molar-refractivity contribution in [2.75, 3.05) is 0 Å². The third-order valence-corrected chi connectivity index (χ3v) is 3.17. The van der Waals surface area contributed by atoms with Crippen molar-refractivity contribution in [1.82, 2.24) is 15.0 Å². The van der Waals surface area contributed by atoms with Gasteiger partial charge in [-0.3, -0.25) is 4.68 Å². The second kappa shape index (κ2) is 6.01. The van der Waals surface area contributed by atoms with Crippen molar-refractivity contribution in [3.63, 3.8) is 0 Å². The average molecular weight is 264 g/mol. The van der Waals surface area contributed by atoms with Crippen molar-refractivity contribution in [2.45, 2.75) is 39.2 Å². The molecule has 0 amide bonds. The predicted octanol–water partition coefficient (Wildman–Crippen LogP) is 3.69. The molecule has 1 aromatic heterocycles. The molecule has 0 radical (unpaired) electrons. The first-order valence-electron chi connectivity index (χ1n) is 6.29. The second-order valence-corrected chi connectivity index (χ2v) is 5.23. The summed E-state index contributed by atoms with van der Waals surface area (Å²) in [7, 11) is 0. The summed E-state index contributed by atoms with van der Waals surface area (Å²) in [6, 6.07) is 8.01. The number of aryl methyl sites for hydroxylation is 2. The number of hydrogen-bond donors (Lipinski definition) is 0. The van der Waals surface area contributed by atoms with E-state index < -0.39 is 0 Å². The lowest BCUT2D eigenvalue weighted by atomic mass is 10.1. The fraction of sp³-hybridized carbons (Fsp3) is 0.429. The number of hydrogen-bond acceptors (Lipinski definition) is 2. The summed E-state index contributed by atoms with van der Waals surface area (Å²) >= 11 is 5.85. The predicted molar refractivity (Wildman–Crippen MR) is 73.9 cm³/mol. The standard InChI is InChI=1S/C14H18ClN3/c1-11(2)14-10-18(17-16-14)9-3-4-12-5-7-13(15)8-6-12/h5-8,10-11H,3-4,9H2,1-2H3. The van der Waals surface area contributed by atoms with E-state index in [1.807, 2.05) is 23.0 Å². The molecule has 0 saturated carbocycles. The quantitative estimate of drug-likeness (QED) is 0.824. The number of rotatable bonds is 5.